The molecule has 0 radical (unpaired) electrons. The van der Waals surface area contributed by atoms with Gasteiger partial charge in [0.25, 0.3) is 0 Å². The highest BCUT2D eigenvalue weighted by atomic mass is 79.9. The molecule has 1 N–H and O–H groups in total. The average molecular weight is 312 g/mol. The van der Waals surface area contributed by atoms with Crippen LogP contribution in [0.4, 0.5) is 10.1 Å². The summed E-state index contributed by atoms with van der Waals surface area (Å²) in [6.07, 6.45) is 4.75. The maximum absolute atomic E-state index is 13.0. The minimum Gasteiger partial charge on any atom is -0.384 e. The molecule has 0 saturated carbocycles. The van der Waals surface area contributed by atoms with Gasteiger partial charge in [-0.05, 0) is 65.7 Å². The first-order valence-electron chi connectivity index (χ1n) is 6.41. The van der Waals surface area contributed by atoms with E-state index in [2.05, 4.69) is 41.2 Å². The number of allylic oxidation sites excluding steroid dienone is 2. The van der Waals surface area contributed by atoms with E-state index in [-0.39, 0.29) is 5.82 Å². The number of hydrogen-bond acceptors (Lipinski definition) is 1. The second-order valence-corrected chi connectivity index (χ2v) is 6.16. The second-order valence-electron chi connectivity index (χ2n) is 5.30. The molecule has 2 unspecified atom stereocenters. The highest BCUT2D eigenvalue weighted by Gasteiger charge is 2.17. The molecule has 0 bridgehead atoms. The first-order valence-corrected chi connectivity index (χ1v) is 7.20. The van der Waals surface area contributed by atoms with Crippen molar-refractivity contribution in [3.63, 3.8) is 0 Å². The van der Waals surface area contributed by atoms with Gasteiger partial charge in [-0.25, -0.2) is 4.39 Å². The van der Waals surface area contributed by atoms with Crippen LogP contribution >= 0.6 is 15.9 Å². The van der Waals surface area contributed by atoms with Crippen molar-refractivity contribution in [3.8, 4) is 0 Å². The van der Waals surface area contributed by atoms with E-state index >= 15 is 0 Å². The molecule has 1 aliphatic carbocycles. The predicted octanol–water partition coefficient (Wildman–Crippen LogP) is 4.99. The SMILES string of the molecule is CC1=CC(C)CC(CNc2ccc(F)cc2Br)C1. The minimum atomic E-state index is -0.211. The summed E-state index contributed by atoms with van der Waals surface area (Å²) in [5.74, 6) is 1.13. The van der Waals surface area contributed by atoms with Gasteiger partial charge in [-0.2, -0.15) is 0 Å². The van der Waals surface area contributed by atoms with Gasteiger partial charge >= 0.3 is 0 Å². The van der Waals surface area contributed by atoms with Crippen LogP contribution in [-0.4, -0.2) is 6.54 Å². The van der Waals surface area contributed by atoms with Crippen LogP contribution in [0.15, 0.2) is 34.3 Å². The number of anilines is 1. The zero-order chi connectivity index (χ0) is 13.1. The Kier molecular flexibility index (Phi) is 4.44. The molecular formula is C15H19BrFN. The van der Waals surface area contributed by atoms with E-state index in [1.807, 2.05) is 0 Å². The standard InChI is InChI=1S/C15H19BrFN/c1-10-5-11(2)7-12(6-10)9-18-15-4-3-13(17)8-14(15)16/h3-5,8,10,12,18H,6-7,9H2,1-2H3. The van der Waals surface area contributed by atoms with E-state index in [1.54, 1.807) is 6.07 Å². The number of hydrogen-bond donors (Lipinski definition) is 1. The van der Waals surface area contributed by atoms with Crippen LogP contribution in [0.1, 0.15) is 26.7 Å². The van der Waals surface area contributed by atoms with E-state index in [9.17, 15) is 4.39 Å². The molecule has 0 aromatic heterocycles. The lowest BCUT2D eigenvalue weighted by Gasteiger charge is -2.26. The molecule has 0 saturated heterocycles. The number of rotatable bonds is 3. The van der Waals surface area contributed by atoms with Crippen LogP contribution in [0.5, 0.6) is 0 Å². The Morgan fingerprint density at radius 3 is 2.89 bits per heavy atom. The van der Waals surface area contributed by atoms with E-state index in [1.165, 1.54) is 24.1 Å². The maximum Gasteiger partial charge on any atom is 0.124 e. The quantitative estimate of drug-likeness (QED) is 0.775. The molecular weight excluding hydrogens is 293 g/mol. The third kappa shape index (κ3) is 3.58. The smallest absolute Gasteiger partial charge is 0.124 e. The zero-order valence-corrected chi connectivity index (χ0v) is 12.4. The largest absolute Gasteiger partial charge is 0.384 e. The Morgan fingerprint density at radius 2 is 2.22 bits per heavy atom. The van der Waals surface area contributed by atoms with Crippen molar-refractivity contribution in [2.24, 2.45) is 11.8 Å². The Hall–Kier alpha value is -0.830. The third-order valence-corrected chi connectivity index (χ3v) is 4.05. The summed E-state index contributed by atoms with van der Waals surface area (Å²) in [7, 11) is 0. The van der Waals surface area contributed by atoms with Gasteiger partial charge in [0.2, 0.25) is 0 Å². The van der Waals surface area contributed by atoms with E-state index in [0.717, 1.165) is 23.1 Å². The molecule has 1 aliphatic rings. The van der Waals surface area contributed by atoms with Crippen LogP contribution in [0.3, 0.4) is 0 Å². The molecule has 98 valence electrons. The fourth-order valence-corrected chi connectivity index (χ4v) is 3.22. The van der Waals surface area contributed by atoms with Gasteiger partial charge in [0, 0.05) is 16.7 Å². The summed E-state index contributed by atoms with van der Waals surface area (Å²) in [6, 6.07) is 4.77. The van der Waals surface area contributed by atoms with Gasteiger partial charge < -0.3 is 5.32 Å². The summed E-state index contributed by atoms with van der Waals surface area (Å²) in [4.78, 5) is 0. The average Bonchev–Trinajstić information content (AvgIpc) is 2.26. The Bertz CT molecular complexity index is 456. The van der Waals surface area contributed by atoms with Gasteiger partial charge in [-0.15, -0.1) is 0 Å². The normalized spacial score (nSPS) is 23.7. The molecule has 3 heteroatoms. The first-order chi connectivity index (χ1) is 8.54. The Morgan fingerprint density at radius 1 is 1.44 bits per heavy atom. The monoisotopic (exact) mass is 311 g/mol. The molecule has 2 rings (SSSR count). The molecule has 2 atom stereocenters. The highest BCUT2D eigenvalue weighted by molar-refractivity contribution is 9.10. The van der Waals surface area contributed by atoms with Crippen molar-refractivity contribution in [2.45, 2.75) is 26.7 Å². The Balaban J connectivity index is 1.94. The molecule has 0 heterocycles. The third-order valence-electron chi connectivity index (χ3n) is 3.40. The van der Waals surface area contributed by atoms with Gasteiger partial charge in [0.1, 0.15) is 5.82 Å². The Labute approximate surface area is 117 Å². The van der Waals surface area contributed by atoms with Gasteiger partial charge in [-0.3, -0.25) is 0 Å². The summed E-state index contributed by atoms with van der Waals surface area (Å²) < 4.78 is 13.8. The molecule has 1 aromatic rings. The van der Waals surface area contributed by atoms with Crippen molar-refractivity contribution in [2.75, 3.05) is 11.9 Å². The second kappa shape index (κ2) is 5.87. The molecule has 0 spiro atoms. The number of halogens is 2. The summed E-state index contributed by atoms with van der Waals surface area (Å²) >= 11 is 3.38. The van der Waals surface area contributed by atoms with Crippen LogP contribution in [-0.2, 0) is 0 Å². The molecule has 1 aromatic carbocycles. The van der Waals surface area contributed by atoms with E-state index in [0.29, 0.717) is 11.8 Å². The van der Waals surface area contributed by atoms with E-state index < -0.39 is 0 Å². The summed E-state index contributed by atoms with van der Waals surface area (Å²) in [5.41, 5.74) is 2.45. The minimum absolute atomic E-state index is 0.211. The topological polar surface area (TPSA) is 12.0 Å². The van der Waals surface area contributed by atoms with Crippen molar-refractivity contribution in [1.29, 1.82) is 0 Å². The van der Waals surface area contributed by atoms with Crippen molar-refractivity contribution < 1.29 is 4.39 Å². The number of nitrogens with one attached hydrogen (secondary N) is 1. The molecule has 0 aliphatic heterocycles. The van der Waals surface area contributed by atoms with E-state index in [4.69, 9.17) is 0 Å². The summed E-state index contributed by atoms with van der Waals surface area (Å²) in [5, 5.41) is 3.41. The van der Waals surface area contributed by atoms with Gasteiger partial charge in [0.05, 0.1) is 0 Å². The fraction of sp³-hybridized carbons (Fsp3) is 0.467. The number of benzene rings is 1. The van der Waals surface area contributed by atoms with Crippen LogP contribution in [0, 0.1) is 17.7 Å². The van der Waals surface area contributed by atoms with Gasteiger partial charge in [0.15, 0.2) is 0 Å². The lowest BCUT2D eigenvalue weighted by atomic mass is 9.84. The van der Waals surface area contributed by atoms with Crippen LogP contribution < -0.4 is 5.32 Å². The van der Waals surface area contributed by atoms with Crippen molar-refractivity contribution in [3.05, 3.63) is 40.1 Å². The van der Waals surface area contributed by atoms with Crippen LogP contribution in [0.2, 0.25) is 0 Å². The zero-order valence-electron chi connectivity index (χ0n) is 10.8. The highest BCUT2D eigenvalue weighted by Crippen LogP contribution is 2.29. The molecule has 0 amide bonds. The molecule has 0 fully saturated rings. The molecule has 18 heavy (non-hydrogen) atoms. The van der Waals surface area contributed by atoms with Gasteiger partial charge in [-0.1, -0.05) is 18.6 Å². The van der Waals surface area contributed by atoms with Crippen molar-refractivity contribution in [1.82, 2.24) is 0 Å². The fourth-order valence-electron chi connectivity index (χ4n) is 2.73. The first kappa shape index (κ1) is 13.6. The summed E-state index contributed by atoms with van der Waals surface area (Å²) in [6.45, 7) is 5.42. The predicted molar refractivity (Wildman–Crippen MR) is 78.2 cm³/mol. The lowest BCUT2D eigenvalue weighted by molar-refractivity contribution is 0.421. The molecule has 1 nitrogen and oxygen atoms in total. The van der Waals surface area contributed by atoms with Crippen molar-refractivity contribution >= 4 is 21.6 Å². The maximum atomic E-state index is 13.0. The van der Waals surface area contributed by atoms with Crippen LogP contribution in [0.25, 0.3) is 0 Å². The lowest BCUT2D eigenvalue weighted by Crippen LogP contribution is -2.20.